The molecule has 2 N–H and O–H groups in total. The van der Waals surface area contributed by atoms with Crippen molar-refractivity contribution in [2.24, 2.45) is 0 Å². The highest BCUT2D eigenvalue weighted by atomic mass is 16.6. The van der Waals surface area contributed by atoms with E-state index in [1.807, 2.05) is 60.7 Å². The molecule has 4 heteroatoms. The second kappa shape index (κ2) is 8.09. The van der Waals surface area contributed by atoms with E-state index < -0.39 is 0 Å². The Balaban J connectivity index is 1.59. The lowest BCUT2D eigenvalue weighted by Crippen LogP contribution is -2.33. The topological polar surface area (TPSA) is 50.4 Å². The lowest BCUT2D eigenvalue weighted by atomic mass is 10.2. The molecule has 20 heavy (non-hydrogen) atoms. The number of rotatable bonds is 7. The number of carbonyl (C=O) groups is 1. The number of carbonyl (C=O) groups excluding carboxylic acids is 1. The monoisotopic (exact) mass is 270 g/mol. The van der Waals surface area contributed by atoms with Crippen molar-refractivity contribution in [2.45, 2.75) is 13.2 Å². The van der Waals surface area contributed by atoms with Crippen LogP contribution >= 0.6 is 0 Å². The van der Waals surface area contributed by atoms with Crippen LogP contribution in [0.5, 0.6) is 0 Å². The van der Waals surface area contributed by atoms with Crippen molar-refractivity contribution in [2.75, 3.05) is 6.54 Å². The van der Waals surface area contributed by atoms with Gasteiger partial charge < -0.3 is 5.32 Å². The molecule has 0 fully saturated rings. The number of amides is 1. The highest BCUT2D eigenvalue weighted by Crippen LogP contribution is 1.99. The maximum Gasteiger partial charge on any atom is 0.236 e. The smallest absolute Gasteiger partial charge is 0.236 e. The van der Waals surface area contributed by atoms with E-state index in [-0.39, 0.29) is 12.5 Å². The van der Waals surface area contributed by atoms with Crippen molar-refractivity contribution < 1.29 is 9.63 Å². The average molecular weight is 270 g/mol. The Morgan fingerprint density at radius 2 is 1.50 bits per heavy atom. The van der Waals surface area contributed by atoms with Gasteiger partial charge in [-0.25, -0.2) is 0 Å². The average Bonchev–Trinajstić information content (AvgIpc) is 2.52. The molecule has 0 aromatic heterocycles. The fourth-order valence-electron chi connectivity index (χ4n) is 1.68. The van der Waals surface area contributed by atoms with Crippen molar-refractivity contribution in [1.82, 2.24) is 10.8 Å². The molecule has 4 nitrogen and oxygen atoms in total. The molecule has 0 atom stereocenters. The quantitative estimate of drug-likeness (QED) is 0.598. The van der Waals surface area contributed by atoms with Crippen LogP contribution in [0, 0.1) is 0 Å². The molecule has 0 heterocycles. The van der Waals surface area contributed by atoms with Crippen LogP contribution in [0.1, 0.15) is 11.1 Å². The third-order valence-corrected chi connectivity index (χ3v) is 2.75. The molecule has 0 saturated heterocycles. The Labute approximate surface area is 118 Å². The molecule has 0 spiro atoms. The number of benzene rings is 2. The zero-order valence-corrected chi connectivity index (χ0v) is 11.2. The first kappa shape index (κ1) is 14.2. The zero-order chi connectivity index (χ0) is 14.0. The van der Waals surface area contributed by atoms with Gasteiger partial charge in [-0.2, -0.15) is 5.48 Å². The standard InChI is InChI=1S/C16H18N2O2/c19-16(17-11-14-7-3-1-4-8-14)12-18-20-13-15-9-5-2-6-10-15/h1-10,18H,11-13H2,(H,17,19). The maximum atomic E-state index is 11.6. The van der Waals surface area contributed by atoms with Gasteiger partial charge in [0.2, 0.25) is 5.91 Å². The van der Waals surface area contributed by atoms with Crippen LogP contribution in [0.4, 0.5) is 0 Å². The molecule has 2 aromatic carbocycles. The van der Waals surface area contributed by atoms with Crippen LogP contribution in [-0.2, 0) is 22.8 Å². The predicted molar refractivity (Wildman–Crippen MR) is 77.5 cm³/mol. The Morgan fingerprint density at radius 3 is 2.15 bits per heavy atom. The van der Waals surface area contributed by atoms with Gasteiger partial charge >= 0.3 is 0 Å². The van der Waals surface area contributed by atoms with Crippen LogP contribution in [0.25, 0.3) is 0 Å². The molecule has 0 saturated carbocycles. The summed E-state index contributed by atoms with van der Waals surface area (Å²) in [7, 11) is 0. The van der Waals surface area contributed by atoms with Gasteiger partial charge in [0, 0.05) is 6.54 Å². The van der Waals surface area contributed by atoms with Gasteiger partial charge in [-0.05, 0) is 11.1 Å². The van der Waals surface area contributed by atoms with Crippen LogP contribution in [-0.4, -0.2) is 12.5 Å². The van der Waals surface area contributed by atoms with Gasteiger partial charge in [0.15, 0.2) is 0 Å². The molecule has 2 rings (SSSR count). The zero-order valence-electron chi connectivity index (χ0n) is 11.2. The number of hydrogen-bond acceptors (Lipinski definition) is 3. The van der Waals surface area contributed by atoms with Gasteiger partial charge in [-0.3, -0.25) is 9.63 Å². The predicted octanol–water partition coefficient (Wildman–Crippen LogP) is 2.02. The number of hydroxylamine groups is 1. The summed E-state index contributed by atoms with van der Waals surface area (Å²) >= 11 is 0. The SMILES string of the molecule is O=C(CNOCc1ccccc1)NCc1ccccc1. The Hall–Kier alpha value is -2.17. The van der Waals surface area contributed by atoms with E-state index in [4.69, 9.17) is 4.84 Å². The van der Waals surface area contributed by atoms with Crippen LogP contribution in [0.15, 0.2) is 60.7 Å². The summed E-state index contributed by atoms with van der Waals surface area (Å²) in [4.78, 5) is 16.8. The first-order valence-electron chi connectivity index (χ1n) is 6.54. The summed E-state index contributed by atoms with van der Waals surface area (Å²) in [6.45, 7) is 1.10. The Bertz CT molecular complexity index is 515. The summed E-state index contributed by atoms with van der Waals surface area (Å²) in [6.07, 6.45) is 0. The molecule has 0 aliphatic rings. The summed E-state index contributed by atoms with van der Waals surface area (Å²) in [5, 5.41) is 2.82. The normalized spacial score (nSPS) is 10.2. The highest BCUT2D eigenvalue weighted by Gasteiger charge is 2.00. The lowest BCUT2D eigenvalue weighted by molar-refractivity contribution is -0.123. The van der Waals surface area contributed by atoms with E-state index in [1.165, 1.54) is 0 Å². The van der Waals surface area contributed by atoms with Crippen molar-refractivity contribution in [3.8, 4) is 0 Å². The number of hydrogen-bond donors (Lipinski definition) is 2. The van der Waals surface area contributed by atoms with Crippen LogP contribution in [0.3, 0.4) is 0 Å². The fourth-order valence-corrected chi connectivity index (χ4v) is 1.68. The van der Waals surface area contributed by atoms with Crippen LogP contribution in [0.2, 0.25) is 0 Å². The minimum atomic E-state index is -0.0954. The lowest BCUT2D eigenvalue weighted by Gasteiger charge is -2.07. The van der Waals surface area contributed by atoms with Crippen LogP contribution < -0.4 is 10.8 Å². The van der Waals surface area contributed by atoms with Crippen molar-refractivity contribution >= 4 is 5.91 Å². The van der Waals surface area contributed by atoms with Crippen molar-refractivity contribution in [1.29, 1.82) is 0 Å². The van der Waals surface area contributed by atoms with Crippen molar-refractivity contribution in [3.05, 3.63) is 71.8 Å². The second-order valence-corrected chi connectivity index (χ2v) is 4.36. The molecule has 0 aliphatic heterocycles. The van der Waals surface area contributed by atoms with Gasteiger partial charge in [0.25, 0.3) is 0 Å². The third kappa shape index (κ3) is 5.22. The van der Waals surface area contributed by atoms with Gasteiger partial charge in [0.05, 0.1) is 13.2 Å². The molecule has 0 unspecified atom stereocenters. The molecular formula is C16H18N2O2. The molecule has 0 radical (unpaired) electrons. The van der Waals surface area contributed by atoms with E-state index in [9.17, 15) is 4.79 Å². The first-order chi connectivity index (χ1) is 9.84. The Morgan fingerprint density at radius 1 is 0.900 bits per heavy atom. The van der Waals surface area contributed by atoms with Gasteiger partial charge in [-0.1, -0.05) is 60.7 Å². The van der Waals surface area contributed by atoms with E-state index in [0.29, 0.717) is 13.2 Å². The molecule has 2 aromatic rings. The summed E-state index contributed by atoms with van der Waals surface area (Å²) in [5.41, 5.74) is 4.79. The minimum Gasteiger partial charge on any atom is -0.351 e. The third-order valence-electron chi connectivity index (χ3n) is 2.75. The molecule has 1 amide bonds. The van der Waals surface area contributed by atoms with E-state index in [1.54, 1.807) is 0 Å². The van der Waals surface area contributed by atoms with Gasteiger partial charge in [0.1, 0.15) is 0 Å². The van der Waals surface area contributed by atoms with E-state index >= 15 is 0 Å². The molecule has 0 aliphatic carbocycles. The Kier molecular flexibility index (Phi) is 5.76. The molecule has 0 bridgehead atoms. The largest absolute Gasteiger partial charge is 0.351 e. The van der Waals surface area contributed by atoms with E-state index in [2.05, 4.69) is 10.8 Å². The summed E-state index contributed by atoms with van der Waals surface area (Å²) < 4.78 is 0. The molecular weight excluding hydrogens is 252 g/mol. The van der Waals surface area contributed by atoms with Crippen molar-refractivity contribution in [3.63, 3.8) is 0 Å². The molecule has 104 valence electrons. The number of nitrogens with one attached hydrogen (secondary N) is 2. The highest BCUT2D eigenvalue weighted by molar-refractivity contribution is 5.77. The summed E-state index contributed by atoms with van der Waals surface area (Å²) in [5.74, 6) is -0.0954. The minimum absolute atomic E-state index is 0.0954. The maximum absolute atomic E-state index is 11.6. The second-order valence-electron chi connectivity index (χ2n) is 4.36. The van der Waals surface area contributed by atoms with Gasteiger partial charge in [-0.15, -0.1) is 0 Å². The summed E-state index contributed by atoms with van der Waals surface area (Å²) in [6, 6.07) is 19.6. The van der Waals surface area contributed by atoms with E-state index in [0.717, 1.165) is 11.1 Å². The first-order valence-corrected chi connectivity index (χ1v) is 6.54. The fraction of sp³-hybridized carbons (Fsp3) is 0.188.